The Bertz CT molecular complexity index is 1830. The van der Waals surface area contributed by atoms with Gasteiger partial charge in [-0.15, -0.1) is 5.10 Å². The first-order chi connectivity index (χ1) is 23.7. The molecule has 11 heteroatoms. The zero-order valence-corrected chi connectivity index (χ0v) is 29.7. The van der Waals surface area contributed by atoms with Crippen LogP contribution in [0.4, 0.5) is 17.1 Å². The van der Waals surface area contributed by atoms with Crippen molar-refractivity contribution in [2.24, 2.45) is 5.92 Å². The fourth-order valence-corrected chi connectivity index (χ4v) is 12.6. The van der Waals surface area contributed by atoms with Crippen LogP contribution in [0.15, 0.2) is 79.0 Å². The number of aromatic nitrogens is 3. The third kappa shape index (κ3) is 5.67. The topological polar surface area (TPSA) is 110 Å². The molecule has 3 aliphatic heterocycles. The van der Waals surface area contributed by atoms with Crippen LogP contribution in [-0.2, 0) is 32.9 Å². The summed E-state index contributed by atoms with van der Waals surface area (Å²) >= 11 is 0. The molecule has 4 aromatic rings. The third-order valence-corrected chi connectivity index (χ3v) is 15.3. The van der Waals surface area contributed by atoms with Crippen LogP contribution in [0, 0.1) is 5.92 Å². The molecule has 2 fully saturated rings. The average molecular weight is 680 g/mol. The third-order valence-electron chi connectivity index (χ3n) is 11.0. The molecule has 1 aromatic heterocycles. The van der Waals surface area contributed by atoms with Gasteiger partial charge in [0.05, 0.1) is 32.7 Å². The van der Waals surface area contributed by atoms with E-state index < -0.39 is 13.7 Å². The van der Waals surface area contributed by atoms with E-state index in [0.29, 0.717) is 32.4 Å². The number of aliphatic hydroxyl groups excluding tert-OH is 1. The summed E-state index contributed by atoms with van der Waals surface area (Å²) in [5.74, 6) is 0.637. The van der Waals surface area contributed by atoms with Crippen LogP contribution in [0.1, 0.15) is 43.9 Å². The molecule has 4 atom stereocenters. The Hall–Kier alpha value is -4.32. The first-order valence-electron chi connectivity index (χ1n) is 17.4. The number of para-hydroxylation sites is 1. The molecular formula is C38H45N5O5Si. The molecule has 10 nitrogen and oxygen atoms in total. The number of methoxy groups -OCH3 is 1. The van der Waals surface area contributed by atoms with Gasteiger partial charge in [0.1, 0.15) is 5.75 Å². The lowest BCUT2D eigenvalue weighted by atomic mass is 9.82. The van der Waals surface area contributed by atoms with Crippen molar-refractivity contribution in [2.45, 2.75) is 75.9 Å². The second kappa shape index (κ2) is 13.2. The van der Waals surface area contributed by atoms with Crippen molar-refractivity contribution < 1.29 is 24.2 Å². The quantitative estimate of drug-likeness (QED) is 0.226. The van der Waals surface area contributed by atoms with Gasteiger partial charge in [0, 0.05) is 61.6 Å². The summed E-state index contributed by atoms with van der Waals surface area (Å²) in [6.45, 7) is 8.17. The molecule has 4 heterocycles. The van der Waals surface area contributed by atoms with Crippen LogP contribution in [0.5, 0.6) is 5.75 Å². The molecule has 2 amide bonds. The largest absolute Gasteiger partial charge is 0.497 e. The molecule has 3 aromatic carbocycles. The SMILES string of the molecule is COc1ccc([Si](C)(C)[C@@H]2[C@@H](CCn3cc(CCO)nn3)O[C@]3(C(=O)N(c4ccccc4)c4ccc(N5CCCCC5=O)cc43)[C@H]2C)cc1. The maximum atomic E-state index is 15.2. The highest BCUT2D eigenvalue weighted by atomic mass is 28.3. The molecule has 256 valence electrons. The number of aryl methyl sites for hydroxylation is 1. The molecule has 0 saturated carbocycles. The molecule has 0 aliphatic carbocycles. The van der Waals surface area contributed by atoms with Crippen molar-refractivity contribution in [3.05, 3.63) is 90.3 Å². The lowest BCUT2D eigenvalue weighted by Gasteiger charge is -2.37. The summed E-state index contributed by atoms with van der Waals surface area (Å²) in [5.41, 5.74) is 2.75. The highest BCUT2D eigenvalue weighted by molar-refractivity contribution is 6.91. The number of hydrogen-bond donors (Lipinski definition) is 1. The minimum atomic E-state index is -2.35. The van der Waals surface area contributed by atoms with Gasteiger partial charge in [-0.25, -0.2) is 0 Å². The molecular weight excluding hydrogens is 635 g/mol. The first kappa shape index (κ1) is 33.2. The number of rotatable bonds is 10. The zero-order valence-electron chi connectivity index (χ0n) is 28.7. The maximum Gasteiger partial charge on any atom is 0.268 e. The van der Waals surface area contributed by atoms with Gasteiger partial charge in [-0.3, -0.25) is 19.2 Å². The summed E-state index contributed by atoms with van der Waals surface area (Å²) in [4.78, 5) is 32.0. The number of piperidine rings is 1. The van der Waals surface area contributed by atoms with E-state index in [1.165, 1.54) is 5.19 Å². The van der Waals surface area contributed by atoms with Crippen LogP contribution in [0.3, 0.4) is 0 Å². The average Bonchev–Trinajstić information content (AvgIpc) is 3.77. The summed E-state index contributed by atoms with van der Waals surface area (Å²) in [6, 6.07) is 24.1. The van der Waals surface area contributed by atoms with Gasteiger partial charge in [0.2, 0.25) is 5.91 Å². The summed E-state index contributed by atoms with van der Waals surface area (Å²) in [5, 5.41) is 19.2. The molecule has 7 rings (SSSR count). The van der Waals surface area contributed by atoms with E-state index in [1.807, 2.05) is 75.3 Å². The number of amides is 2. The Morgan fingerprint density at radius 2 is 1.80 bits per heavy atom. The van der Waals surface area contributed by atoms with Gasteiger partial charge in [-0.05, 0) is 67.3 Å². The predicted molar refractivity (Wildman–Crippen MR) is 191 cm³/mol. The fraction of sp³-hybridized carbons (Fsp3) is 0.421. The Balaban J connectivity index is 1.35. The predicted octanol–water partition coefficient (Wildman–Crippen LogP) is 5.32. The Kier molecular flexibility index (Phi) is 8.93. The van der Waals surface area contributed by atoms with Gasteiger partial charge in [0.15, 0.2) is 5.60 Å². The number of aliphatic hydroxyl groups is 1. The monoisotopic (exact) mass is 679 g/mol. The van der Waals surface area contributed by atoms with Gasteiger partial charge >= 0.3 is 0 Å². The molecule has 0 unspecified atom stereocenters. The standard InChI is InChI=1S/C38H45N5O5Si/c1-26-36(49(3,4)31-16-14-30(47-2)15-17-31)34(19-22-41-25-27(20-23-44)39-40-41)48-38(26)32-24-29(42-21-9-8-12-35(42)45)13-18-33(32)43(37(38)46)28-10-6-5-7-11-28/h5-7,10-11,13-18,24-26,34,36,44H,8-9,12,19-23H2,1-4H3/t26-,34+,36-,38+/m0/s1. The number of anilines is 3. The molecule has 3 aliphatic rings. The molecule has 0 bridgehead atoms. The van der Waals surface area contributed by atoms with Crippen LogP contribution in [0.25, 0.3) is 0 Å². The number of carbonyl (C=O) groups excluding carboxylic acids is 2. The van der Waals surface area contributed by atoms with Gasteiger partial charge in [0.25, 0.3) is 5.91 Å². The molecule has 2 saturated heterocycles. The van der Waals surface area contributed by atoms with Crippen LogP contribution >= 0.6 is 0 Å². The second-order valence-electron chi connectivity index (χ2n) is 14.1. The minimum absolute atomic E-state index is 0.0125. The number of benzene rings is 3. The molecule has 0 radical (unpaired) electrons. The van der Waals surface area contributed by atoms with Crippen molar-refractivity contribution in [2.75, 3.05) is 30.1 Å². The van der Waals surface area contributed by atoms with Gasteiger partial charge in [-0.1, -0.05) is 60.7 Å². The van der Waals surface area contributed by atoms with Crippen LogP contribution < -0.4 is 19.7 Å². The van der Waals surface area contributed by atoms with Crippen molar-refractivity contribution in [1.82, 2.24) is 15.0 Å². The normalized spacial score (nSPS) is 23.8. The van der Waals surface area contributed by atoms with Crippen LogP contribution in [0.2, 0.25) is 18.6 Å². The van der Waals surface area contributed by atoms with Gasteiger partial charge in [-0.2, -0.15) is 0 Å². The Morgan fingerprint density at radius 1 is 1.02 bits per heavy atom. The number of nitrogens with zero attached hydrogens (tertiary/aromatic N) is 5. The van der Waals surface area contributed by atoms with Gasteiger partial charge < -0.3 is 19.5 Å². The summed E-state index contributed by atoms with van der Waals surface area (Å²) in [7, 11) is -0.676. The van der Waals surface area contributed by atoms with Crippen molar-refractivity contribution >= 4 is 42.1 Å². The number of carbonyl (C=O) groups is 2. The number of ether oxygens (including phenoxy) is 2. The van der Waals surface area contributed by atoms with E-state index in [9.17, 15) is 9.90 Å². The second-order valence-corrected chi connectivity index (χ2v) is 18.8. The Morgan fingerprint density at radius 3 is 2.51 bits per heavy atom. The van der Waals surface area contributed by atoms with E-state index in [2.05, 4.69) is 48.5 Å². The highest BCUT2D eigenvalue weighted by Gasteiger charge is 2.66. The first-order valence-corrected chi connectivity index (χ1v) is 20.4. The summed E-state index contributed by atoms with van der Waals surface area (Å²) in [6.07, 6.45) is 5.05. The van der Waals surface area contributed by atoms with E-state index in [1.54, 1.807) is 7.11 Å². The molecule has 1 N–H and O–H groups in total. The number of hydrogen-bond acceptors (Lipinski definition) is 7. The van der Waals surface area contributed by atoms with E-state index in [4.69, 9.17) is 9.47 Å². The lowest BCUT2D eigenvalue weighted by Crippen LogP contribution is -2.51. The number of fused-ring (bicyclic) bond motifs is 2. The van der Waals surface area contributed by atoms with Crippen LogP contribution in [-0.4, -0.2) is 66.4 Å². The fourth-order valence-electron chi connectivity index (χ4n) is 8.51. The molecule has 1 spiro atoms. The smallest absolute Gasteiger partial charge is 0.268 e. The van der Waals surface area contributed by atoms with E-state index in [0.717, 1.165) is 46.9 Å². The Labute approximate surface area is 288 Å². The maximum absolute atomic E-state index is 15.2. The van der Waals surface area contributed by atoms with Crippen molar-refractivity contribution in [1.29, 1.82) is 0 Å². The van der Waals surface area contributed by atoms with E-state index in [-0.39, 0.29) is 36.0 Å². The highest BCUT2D eigenvalue weighted by Crippen LogP contribution is 2.61. The van der Waals surface area contributed by atoms with Crippen molar-refractivity contribution in [3.8, 4) is 5.75 Å². The minimum Gasteiger partial charge on any atom is -0.497 e. The lowest BCUT2D eigenvalue weighted by molar-refractivity contribution is -0.145. The van der Waals surface area contributed by atoms with E-state index >= 15 is 4.79 Å². The zero-order chi connectivity index (χ0) is 34.3. The van der Waals surface area contributed by atoms with Crippen molar-refractivity contribution in [3.63, 3.8) is 0 Å². The molecule has 49 heavy (non-hydrogen) atoms. The summed E-state index contributed by atoms with van der Waals surface area (Å²) < 4.78 is 14.6.